The number of rotatable bonds is 5. The van der Waals surface area contributed by atoms with Gasteiger partial charge >= 0.3 is 0 Å². The largest absolute Gasteiger partial charge is 0.386 e. The van der Waals surface area contributed by atoms with E-state index in [0.29, 0.717) is 11.4 Å². The van der Waals surface area contributed by atoms with E-state index in [4.69, 9.17) is 11.6 Å². The minimum atomic E-state index is -0.625. The van der Waals surface area contributed by atoms with Crippen LogP contribution in [0.25, 0.3) is 0 Å². The molecule has 2 rings (SSSR count). The van der Waals surface area contributed by atoms with Gasteiger partial charge in [0, 0.05) is 26.2 Å². The first-order chi connectivity index (χ1) is 9.08. The Morgan fingerprint density at radius 2 is 2.16 bits per heavy atom. The van der Waals surface area contributed by atoms with Crippen molar-refractivity contribution in [3.63, 3.8) is 0 Å². The second kappa shape index (κ2) is 5.75. The summed E-state index contributed by atoms with van der Waals surface area (Å²) in [6.45, 7) is 4.74. The molecule has 0 aromatic carbocycles. The zero-order valence-electron chi connectivity index (χ0n) is 11.5. The van der Waals surface area contributed by atoms with Crippen molar-refractivity contribution in [3.8, 4) is 0 Å². The van der Waals surface area contributed by atoms with Crippen LogP contribution in [0, 0.1) is 0 Å². The van der Waals surface area contributed by atoms with Gasteiger partial charge in [-0.3, -0.25) is 9.36 Å². The number of aliphatic hydroxyl groups is 1. The van der Waals surface area contributed by atoms with Gasteiger partial charge in [0.1, 0.15) is 6.10 Å². The summed E-state index contributed by atoms with van der Waals surface area (Å²) < 4.78 is 3.53. The molecule has 0 saturated heterocycles. The lowest BCUT2D eigenvalue weighted by molar-refractivity contribution is 0.164. The fraction of sp³-hybridized carbons (Fsp3) is 0.538. The Hall–Kier alpha value is -1.33. The molecule has 19 heavy (non-hydrogen) atoms. The van der Waals surface area contributed by atoms with Gasteiger partial charge in [0.05, 0.1) is 22.1 Å². The molecule has 1 unspecified atom stereocenters. The topological polar surface area (TPSA) is 55.9 Å². The van der Waals surface area contributed by atoms with Crippen molar-refractivity contribution in [2.75, 3.05) is 0 Å². The number of aromatic nitrogens is 4. The first-order valence-corrected chi connectivity index (χ1v) is 6.86. The molecule has 0 saturated carbocycles. The van der Waals surface area contributed by atoms with Crippen LogP contribution in [0.15, 0.2) is 12.3 Å². The second-order valence-corrected chi connectivity index (χ2v) is 4.85. The summed E-state index contributed by atoms with van der Waals surface area (Å²) >= 11 is 6.29. The summed E-state index contributed by atoms with van der Waals surface area (Å²) in [5.74, 6) is 0. The van der Waals surface area contributed by atoms with Gasteiger partial charge in [-0.2, -0.15) is 10.2 Å². The monoisotopic (exact) mass is 282 g/mol. The molecule has 0 aliphatic heterocycles. The summed E-state index contributed by atoms with van der Waals surface area (Å²) in [5, 5.41) is 19.5. The van der Waals surface area contributed by atoms with E-state index in [1.165, 1.54) is 0 Å². The number of hydrogen-bond acceptors (Lipinski definition) is 3. The van der Waals surface area contributed by atoms with Crippen LogP contribution < -0.4 is 0 Å². The zero-order chi connectivity index (χ0) is 14.0. The van der Waals surface area contributed by atoms with Crippen molar-refractivity contribution < 1.29 is 5.11 Å². The predicted molar refractivity (Wildman–Crippen MR) is 74.2 cm³/mol. The van der Waals surface area contributed by atoms with Crippen molar-refractivity contribution in [2.24, 2.45) is 7.05 Å². The van der Waals surface area contributed by atoms with Gasteiger partial charge in [-0.1, -0.05) is 18.5 Å². The Balaban J connectivity index is 2.24. The van der Waals surface area contributed by atoms with Crippen LogP contribution in [0.1, 0.15) is 37.0 Å². The average molecular weight is 283 g/mol. The molecule has 5 nitrogen and oxygen atoms in total. The van der Waals surface area contributed by atoms with Gasteiger partial charge in [0.15, 0.2) is 0 Å². The molecule has 1 N–H and O–H groups in total. The maximum Gasteiger partial charge on any atom is 0.101 e. The summed E-state index contributed by atoms with van der Waals surface area (Å²) in [4.78, 5) is 0. The average Bonchev–Trinajstić information content (AvgIpc) is 2.97. The van der Waals surface area contributed by atoms with Crippen molar-refractivity contribution in [2.45, 2.75) is 39.3 Å². The molecule has 0 bridgehead atoms. The van der Waals surface area contributed by atoms with Gasteiger partial charge < -0.3 is 5.11 Å². The SMILES string of the molecule is CCc1nn(C)c(CC(O)c2ccnn2CC)c1Cl. The van der Waals surface area contributed by atoms with Crippen LogP contribution in [-0.2, 0) is 26.4 Å². The lowest BCUT2D eigenvalue weighted by atomic mass is 10.1. The number of halogens is 1. The van der Waals surface area contributed by atoms with Crippen molar-refractivity contribution in [3.05, 3.63) is 34.4 Å². The molecule has 0 amide bonds. The minimum Gasteiger partial charge on any atom is -0.386 e. The Morgan fingerprint density at radius 3 is 2.74 bits per heavy atom. The number of hydrogen-bond donors (Lipinski definition) is 1. The fourth-order valence-corrected chi connectivity index (χ4v) is 2.59. The quantitative estimate of drug-likeness (QED) is 0.914. The highest BCUT2D eigenvalue weighted by molar-refractivity contribution is 6.31. The van der Waals surface area contributed by atoms with Gasteiger partial charge in [-0.05, 0) is 19.4 Å². The molecule has 104 valence electrons. The number of aliphatic hydroxyl groups excluding tert-OH is 1. The second-order valence-electron chi connectivity index (χ2n) is 4.48. The number of nitrogens with zero attached hydrogens (tertiary/aromatic N) is 4. The van der Waals surface area contributed by atoms with Crippen LogP contribution >= 0.6 is 11.6 Å². The molecule has 2 aromatic heterocycles. The van der Waals surface area contributed by atoms with Crippen molar-refractivity contribution in [1.29, 1.82) is 0 Å². The summed E-state index contributed by atoms with van der Waals surface area (Å²) in [5.41, 5.74) is 2.53. The van der Waals surface area contributed by atoms with E-state index in [1.54, 1.807) is 15.6 Å². The fourth-order valence-electron chi connectivity index (χ4n) is 2.22. The van der Waals surface area contributed by atoms with Gasteiger partial charge in [0.2, 0.25) is 0 Å². The Morgan fingerprint density at radius 1 is 1.42 bits per heavy atom. The molecule has 0 fully saturated rings. The van der Waals surface area contributed by atoms with Crippen LogP contribution in [0.5, 0.6) is 0 Å². The van der Waals surface area contributed by atoms with Crippen molar-refractivity contribution >= 4 is 11.6 Å². The molecular weight excluding hydrogens is 264 g/mol. The molecule has 6 heteroatoms. The van der Waals surface area contributed by atoms with Crippen LogP contribution in [-0.4, -0.2) is 24.7 Å². The molecule has 0 spiro atoms. The number of aryl methyl sites for hydroxylation is 3. The van der Waals surface area contributed by atoms with Gasteiger partial charge in [-0.15, -0.1) is 0 Å². The van der Waals surface area contributed by atoms with E-state index >= 15 is 0 Å². The Labute approximate surface area is 117 Å². The first kappa shape index (κ1) is 14.1. The van der Waals surface area contributed by atoms with Crippen LogP contribution in [0.3, 0.4) is 0 Å². The lowest BCUT2D eigenvalue weighted by Crippen LogP contribution is -2.12. The molecule has 2 aromatic rings. The zero-order valence-corrected chi connectivity index (χ0v) is 12.2. The highest BCUT2D eigenvalue weighted by Crippen LogP contribution is 2.26. The van der Waals surface area contributed by atoms with Crippen LogP contribution in [0.4, 0.5) is 0 Å². The lowest BCUT2D eigenvalue weighted by Gasteiger charge is -2.12. The summed E-state index contributed by atoms with van der Waals surface area (Å²) in [7, 11) is 1.85. The molecule has 0 aliphatic carbocycles. The van der Waals surface area contributed by atoms with E-state index in [0.717, 1.165) is 30.0 Å². The summed E-state index contributed by atoms with van der Waals surface area (Å²) in [6, 6.07) is 1.83. The highest BCUT2D eigenvalue weighted by atomic mass is 35.5. The molecule has 0 aliphatic rings. The maximum absolute atomic E-state index is 10.3. The molecule has 1 atom stereocenters. The Bertz CT molecular complexity index is 561. The van der Waals surface area contributed by atoms with E-state index < -0.39 is 6.10 Å². The van der Waals surface area contributed by atoms with E-state index in [9.17, 15) is 5.11 Å². The smallest absolute Gasteiger partial charge is 0.101 e. The van der Waals surface area contributed by atoms with Gasteiger partial charge in [-0.25, -0.2) is 0 Å². The Kier molecular flexibility index (Phi) is 4.27. The third kappa shape index (κ3) is 2.67. The van der Waals surface area contributed by atoms with E-state index in [2.05, 4.69) is 10.2 Å². The third-order valence-corrected chi connectivity index (χ3v) is 3.72. The summed E-state index contributed by atoms with van der Waals surface area (Å²) in [6.07, 6.45) is 2.30. The third-order valence-electron chi connectivity index (χ3n) is 3.28. The molecular formula is C13H19ClN4O. The van der Waals surface area contributed by atoms with Crippen molar-refractivity contribution in [1.82, 2.24) is 19.6 Å². The first-order valence-electron chi connectivity index (χ1n) is 6.48. The highest BCUT2D eigenvalue weighted by Gasteiger charge is 2.19. The van der Waals surface area contributed by atoms with Gasteiger partial charge in [0.25, 0.3) is 0 Å². The predicted octanol–water partition coefficient (Wildman–Crippen LogP) is 2.13. The maximum atomic E-state index is 10.3. The van der Waals surface area contributed by atoms with Crippen LogP contribution in [0.2, 0.25) is 5.02 Å². The normalized spacial score (nSPS) is 12.9. The molecule has 2 heterocycles. The minimum absolute atomic E-state index is 0.439. The molecule has 0 radical (unpaired) electrons. The van der Waals surface area contributed by atoms with E-state index in [1.807, 2.05) is 27.0 Å². The van der Waals surface area contributed by atoms with E-state index in [-0.39, 0.29) is 0 Å². The standard InChI is InChI=1S/C13H19ClN4O/c1-4-9-13(14)11(17(3)16-9)8-12(19)10-6-7-15-18(10)5-2/h6-7,12,19H,4-5,8H2,1-3H3.